The van der Waals surface area contributed by atoms with Crippen molar-refractivity contribution in [3.63, 3.8) is 0 Å². The number of hydrogen-bond donors (Lipinski definition) is 1. The molecule has 1 fully saturated rings. The van der Waals surface area contributed by atoms with Crippen molar-refractivity contribution in [2.75, 3.05) is 6.61 Å². The highest BCUT2D eigenvalue weighted by atomic mass is 16.5. The maximum Gasteiger partial charge on any atom is 0.223 e. The van der Waals surface area contributed by atoms with E-state index < -0.39 is 0 Å². The first-order valence-corrected chi connectivity index (χ1v) is 6.15. The van der Waals surface area contributed by atoms with Gasteiger partial charge in [0, 0.05) is 5.92 Å². The number of benzene rings is 1. The number of carbonyl (C=O) groups is 1. The van der Waals surface area contributed by atoms with E-state index in [1.807, 2.05) is 38.1 Å². The molecular formula is C14H19NO2. The van der Waals surface area contributed by atoms with E-state index in [1.54, 1.807) is 0 Å². The predicted octanol–water partition coefficient (Wildman–Crippen LogP) is 2.29. The van der Waals surface area contributed by atoms with Crippen molar-refractivity contribution in [3.05, 3.63) is 29.8 Å². The number of aryl methyl sites for hydroxylation is 1. The first-order valence-electron chi connectivity index (χ1n) is 6.15. The van der Waals surface area contributed by atoms with Crippen molar-refractivity contribution in [2.24, 2.45) is 5.92 Å². The van der Waals surface area contributed by atoms with Gasteiger partial charge in [-0.2, -0.15) is 0 Å². The standard InChI is InChI=1S/C14H19NO2/c1-10-5-3-4-6-13(10)17-9-11(2)15-14(16)12-7-8-12/h3-6,11-12H,7-9H2,1-2H3,(H,15,16)/t11-/m1/s1. The van der Waals surface area contributed by atoms with Crippen LogP contribution in [0.25, 0.3) is 0 Å². The monoisotopic (exact) mass is 233 g/mol. The number of amides is 1. The van der Waals surface area contributed by atoms with E-state index in [9.17, 15) is 4.79 Å². The minimum Gasteiger partial charge on any atom is -0.491 e. The minimum absolute atomic E-state index is 0.0581. The van der Waals surface area contributed by atoms with Crippen molar-refractivity contribution >= 4 is 5.91 Å². The van der Waals surface area contributed by atoms with E-state index in [1.165, 1.54) is 0 Å². The first kappa shape index (κ1) is 12.0. The molecule has 2 rings (SSSR count). The van der Waals surface area contributed by atoms with Crippen LogP contribution < -0.4 is 10.1 Å². The summed E-state index contributed by atoms with van der Waals surface area (Å²) < 4.78 is 5.68. The van der Waals surface area contributed by atoms with Crippen LogP contribution in [0.2, 0.25) is 0 Å². The normalized spacial score (nSPS) is 16.4. The second kappa shape index (κ2) is 5.21. The number of para-hydroxylation sites is 1. The van der Waals surface area contributed by atoms with Gasteiger partial charge in [-0.1, -0.05) is 18.2 Å². The molecule has 1 aromatic rings. The maximum absolute atomic E-state index is 11.5. The summed E-state index contributed by atoms with van der Waals surface area (Å²) in [6.07, 6.45) is 2.08. The Kier molecular flexibility index (Phi) is 3.67. The zero-order chi connectivity index (χ0) is 12.3. The summed E-state index contributed by atoms with van der Waals surface area (Å²) in [6.45, 7) is 4.50. The first-order chi connectivity index (χ1) is 8.16. The molecule has 0 heterocycles. The lowest BCUT2D eigenvalue weighted by molar-refractivity contribution is -0.123. The lowest BCUT2D eigenvalue weighted by Crippen LogP contribution is -2.37. The number of hydrogen-bond acceptors (Lipinski definition) is 2. The lowest BCUT2D eigenvalue weighted by Gasteiger charge is -2.15. The van der Waals surface area contributed by atoms with Gasteiger partial charge in [0.1, 0.15) is 12.4 Å². The zero-order valence-corrected chi connectivity index (χ0v) is 10.4. The van der Waals surface area contributed by atoms with Crippen molar-refractivity contribution in [1.82, 2.24) is 5.32 Å². The Labute approximate surface area is 102 Å². The summed E-state index contributed by atoms with van der Waals surface area (Å²) in [6, 6.07) is 7.96. The van der Waals surface area contributed by atoms with Crippen LogP contribution in [-0.4, -0.2) is 18.6 Å². The Morgan fingerprint density at radius 1 is 1.47 bits per heavy atom. The molecule has 1 N–H and O–H groups in total. The summed E-state index contributed by atoms with van der Waals surface area (Å²) in [4.78, 5) is 11.5. The number of nitrogens with one attached hydrogen (secondary N) is 1. The Morgan fingerprint density at radius 3 is 2.82 bits per heavy atom. The molecule has 3 nitrogen and oxygen atoms in total. The van der Waals surface area contributed by atoms with Gasteiger partial charge in [0.2, 0.25) is 5.91 Å². The topological polar surface area (TPSA) is 38.3 Å². The fraction of sp³-hybridized carbons (Fsp3) is 0.500. The summed E-state index contributed by atoms with van der Waals surface area (Å²) in [5, 5.41) is 2.97. The molecule has 1 atom stereocenters. The van der Waals surface area contributed by atoms with E-state index in [-0.39, 0.29) is 17.9 Å². The molecule has 17 heavy (non-hydrogen) atoms. The van der Waals surface area contributed by atoms with Gasteiger partial charge in [0.25, 0.3) is 0 Å². The van der Waals surface area contributed by atoms with Crippen molar-refractivity contribution in [3.8, 4) is 5.75 Å². The average Bonchev–Trinajstić information content (AvgIpc) is 3.11. The quantitative estimate of drug-likeness (QED) is 0.847. The van der Waals surface area contributed by atoms with Crippen molar-refractivity contribution in [1.29, 1.82) is 0 Å². The Morgan fingerprint density at radius 2 is 2.18 bits per heavy atom. The van der Waals surface area contributed by atoms with Crippen LogP contribution in [0.5, 0.6) is 5.75 Å². The van der Waals surface area contributed by atoms with Gasteiger partial charge in [-0.3, -0.25) is 4.79 Å². The molecule has 0 bridgehead atoms. The molecule has 3 heteroatoms. The van der Waals surface area contributed by atoms with Gasteiger partial charge in [-0.15, -0.1) is 0 Å². The lowest BCUT2D eigenvalue weighted by atomic mass is 10.2. The van der Waals surface area contributed by atoms with Crippen LogP contribution in [0.4, 0.5) is 0 Å². The highest BCUT2D eigenvalue weighted by Gasteiger charge is 2.30. The van der Waals surface area contributed by atoms with E-state index in [2.05, 4.69) is 5.32 Å². The third-order valence-corrected chi connectivity index (χ3v) is 2.92. The second-order valence-corrected chi connectivity index (χ2v) is 4.76. The Hall–Kier alpha value is -1.51. The molecule has 1 aliphatic carbocycles. The summed E-state index contributed by atoms with van der Waals surface area (Å²) >= 11 is 0. The Balaban J connectivity index is 1.77. The SMILES string of the molecule is Cc1ccccc1OC[C@@H](C)NC(=O)C1CC1. The van der Waals surface area contributed by atoms with Gasteiger partial charge >= 0.3 is 0 Å². The molecule has 1 saturated carbocycles. The zero-order valence-electron chi connectivity index (χ0n) is 10.4. The molecule has 1 amide bonds. The number of rotatable bonds is 5. The van der Waals surface area contributed by atoms with Crippen LogP contribution in [0.15, 0.2) is 24.3 Å². The third-order valence-electron chi connectivity index (χ3n) is 2.92. The fourth-order valence-electron chi connectivity index (χ4n) is 1.68. The van der Waals surface area contributed by atoms with Crippen LogP contribution in [-0.2, 0) is 4.79 Å². The van der Waals surface area contributed by atoms with Gasteiger partial charge in [-0.25, -0.2) is 0 Å². The summed E-state index contributed by atoms with van der Waals surface area (Å²) in [5.41, 5.74) is 1.12. The van der Waals surface area contributed by atoms with Gasteiger partial charge in [0.15, 0.2) is 0 Å². The van der Waals surface area contributed by atoms with Crippen molar-refractivity contribution < 1.29 is 9.53 Å². The van der Waals surface area contributed by atoms with E-state index in [0.29, 0.717) is 6.61 Å². The molecule has 0 unspecified atom stereocenters. The molecule has 1 aromatic carbocycles. The molecule has 0 aliphatic heterocycles. The van der Waals surface area contributed by atoms with E-state index in [4.69, 9.17) is 4.74 Å². The van der Waals surface area contributed by atoms with Gasteiger partial charge in [-0.05, 0) is 38.3 Å². The molecule has 92 valence electrons. The summed E-state index contributed by atoms with van der Waals surface area (Å²) in [7, 11) is 0. The molecule has 1 aliphatic rings. The van der Waals surface area contributed by atoms with Crippen LogP contribution >= 0.6 is 0 Å². The van der Waals surface area contributed by atoms with Crippen LogP contribution in [0.3, 0.4) is 0 Å². The molecule has 0 radical (unpaired) electrons. The highest BCUT2D eigenvalue weighted by molar-refractivity contribution is 5.81. The molecule has 0 saturated heterocycles. The smallest absolute Gasteiger partial charge is 0.223 e. The molecular weight excluding hydrogens is 214 g/mol. The van der Waals surface area contributed by atoms with Gasteiger partial charge < -0.3 is 10.1 Å². The highest BCUT2D eigenvalue weighted by Crippen LogP contribution is 2.28. The number of ether oxygens (including phenoxy) is 1. The summed E-state index contributed by atoms with van der Waals surface area (Å²) in [5.74, 6) is 1.32. The number of carbonyl (C=O) groups excluding carboxylic acids is 1. The third kappa shape index (κ3) is 3.48. The molecule has 0 spiro atoms. The van der Waals surface area contributed by atoms with Crippen molar-refractivity contribution in [2.45, 2.75) is 32.7 Å². The van der Waals surface area contributed by atoms with E-state index in [0.717, 1.165) is 24.2 Å². The molecule has 0 aromatic heterocycles. The fourth-order valence-corrected chi connectivity index (χ4v) is 1.68. The van der Waals surface area contributed by atoms with Gasteiger partial charge in [0.05, 0.1) is 6.04 Å². The largest absolute Gasteiger partial charge is 0.491 e. The van der Waals surface area contributed by atoms with E-state index >= 15 is 0 Å². The second-order valence-electron chi connectivity index (χ2n) is 4.76. The maximum atomic E-state index is 11.5. The Bertz CT molecular complexity index is 399. The van der Waals surface area contributed by atoms with Crippen LogP contribution in [0, 0.1) is 12.8 Å². The predicted molar refractivity (Wildman–Crippen MR) is 67.0 cm³/mol. The average molecular weight is 233 g/mol. The minimum atomic E-state index is 0.0581. The van der Waals surface area contributed by atoms with Crippen LogP contribution in [0.1, 0.15) is 25.3 Å².